The van der Waals surface area contributed by atoms with Gasteiger partial charge in [-0.1, -0.05) is 60.7 Å². The van der Waals surface area contributed by atoms with Gasteiger partial charge in [0, 0.05) is 0 Å². The van der Waals surface area contributed by atoms with E-state index in [1.165, 1.54) is 0 Å². The van der Waals surface area contributed by atoms with Crippen molar-refractivity contribution in [1.29, 1.82) is 0 Å². The second kappa shape index (κ2) is 5.13. The quantitative estimate of drug-likeness (QED) is 0.769. The summed E-state index contributed by atoms with van der Waals surface area (Å²) in [4.78, 5) is 0. The predicted molar refractivity (Wildman–Crippen MR) is 64.8 cm³/mol. The fraction of sp³-hybridized carbons (Fsp3) is 0.200. The van der Waals surface area contributed by atoms with Gasteiger partial charge in [0.2, 0.25) is 0 Å². The van der Waals surface area contributed by atoms with Crippen molar-refractivity contribution in [3.05, 3.63) is 71.8 Å². The van der Waals surface area contributed by atoms with Crippen molar-refractivity contribution in [3.63, 3.8) is 0 Å². The normalized spacial score (nSPS) is 11.4. The number of rotatable bonds is 4. The monoisotopic (exact) mass is 226 g/mol. The Morgan fingerprint density at radius 2 is 1.00 bits per heavy atom. The van der Waals surface area contributed by atoms with Gasteiger partial charge >= 0.3 is 0 Å². The van der Waals surface area contributed by atoms with Crippen molar-refractivity contribution < 1.29 is 10.2 Å². The van der Waals surface area contributed by atoms with Gasteiger partial charge in [0.1, 0.15) is 0 Å². The van der Waals surface area contributed by atoms with Gasteiger partial charge in [-0.05, 0) is 11.1 Å². The van der Waals surface area contributed by atoms with Crippen molar-refractivity contribution in [2.45, 2.75) is 5.41 Å². The molecular formula is C15H14O2. The minimum absolute atomic E-state index is 0.426. The standard InChI is InChI=1S/C15H14O2/c16-11-15(12-17,13-7-3-1-4-8-13)14-9-5-2-6-10-14/h1-10H,11-12H2. The first-order valence-electron chi connectivity index (χ1n) is 5.61. The lowest BCUT2D eigenvalue weighted by Crippen LogP contribution is -2.35. The van der Waals surface area contributed by atoms with Crippen LogP contribution in [-0.2, 0) is 15.6 Å². The smallest absolute Gasteiger partial charge is 0.0983 e. The molecule has 0 unspecified atom stereocenters. The molecule has 0 aliphatic rings. The van der Waals surface area contributed by atoms with Crippen LogP contribution in [-0.4, -0.2) is 13.2 Å². The zero-order valence-electron chi connectivity index (χ0n) is 9.50. The van der Waals surface area contributed by atoms with Crippen LogP contribution < -0.4 is 0 Å². The van der Waals surface area contributed by atoms with Crippen molar-refractivity contribution in [3.8, 4) is 0 Å². The maximum atomic E-state index is 11.6. The first kappa shape index (κ1) is 11.8. The molecule has 0 heterocycles. The number of hydrogen-bond donors (Lipinski definition) is 0. The third-order valence-electron chi connectivity index (χ3n) is 3.15. The molecule has 17 heavy (non-hydrogen) atoms. The average molecular weight is 226 g/mol. The van der Waals surface area contributed by atoms with E-state index in [1.54, 1.807) is 0 Å². The van der Waals surface area contributed by atoms with Gasteiger partial charge < -0.3 is 0 Å². The molecule has 0 saturated heterocycles. The summed E-state index contributed by atoms with van der Waals surface area (Å²) in [7, 11) is 0. The molecule has 0 fully saturated rings. The Balaban J connectivity index is 2.54. The van der Waals surface area contributed by atoms with E-state index in [4.69, 9.17) is 0 Å². The molecule has 0 aliphatic heterocycles. The molecule has 0 atom stereocenters. The molecule has 0 saturated carbocycles. The largest absolute Gasteiger partial charge is 0.235 e. The molecule has 2 rings (SSSR count). The lowest BCUT2D eigenvalue weighted by molar-refractivity contribution is 0.0648. The Morgan fingerprint density at radius 3 is 1.29 bits per heavy atom. The zero-order valence-corrected chi connectivity index (χ0v) is 9.50. The molecule has 0 aromatic heterocycles. The SMILES string of the molecule is [O]CC(C[O])(c1ccccc1)c1ccccc1. The zero-order chi connectivity index (χ0) is 12.1. The molecule has 2 nitrogen and oxygen atoms in total. The second-order valence-corrected chi connectivity index (χ2v) is 4.10. The summed E-state index contributed by atoms with van der Waals surface area (Å²) in [6.45, 7) is -0.852. The van der Waals surface area contributed by atoms with E-state index >= 15 is 0 Å². The summed E-state index contributed by atoms with van der Waals surface area (Å²) < 4.78 is 0. The van der Waals surface area contributed by atoms with E-state index in [0.717, 1.165) is 11.1 Å². The summed E-state index contributed by atoms with van der Waals surface area (Å²) in [5.74, 6) is 0. The van der Waals surface area contributed by atoms with Crippen LogP contribution >= 0.6 is 0 Å². The molecule has 86 valence electrons. The predicted octanol–water partition coefficient (Wildman–Crippen LogP) is 2.83. The summed E-state index contributed by atoms with van der Waals surface area (Å²) in [5, 5.41) is 23.2. The number of hydrogen-bond acceptors (Lipinski definition) is 0. The highest BCUT2D eigenvalue weighted by Gasteiger charge is 2.34. The van der Waals surface area contributed by atoms with Crippen LogP contribution in [0, 0.1) is 0 Å². The fourth-order valence-electron chi connectivity index (χ4n) is 2.06. The minimum atomic E-state index is -0.942. The van der Waals surface area contributed by atoms with Crippen molar-refractivity contribution in [2.24, 2.45) is 0 Å². The van der Waals surface area contributed by atoms with Gasteiger partial charge in [0.15, 0.2) is 0 Å². The summed E-state index contributed by atoms with van der Waals surface area (Å²) in [6, 6.07) is 18.6. The van der Waals surface area contributed by atoms with E-state index in [1.807, 2.05) is 60.7 Å². The van der Waals surface area contributed by atoms with Crippen LogP contribution in [0.1, 0.15) is 11.1 Å². The third kappa shape index (κ3) is 2.09. The highest BCUT2D eigenvalue weighted by Crippen LogP contribution is 2.31. The van der Waals surface area contributed by atoms with Crippen molar-refractivity contribution in [2.75, 3.05) is 13.2 Å². The topological polar surface area (TPSA) is 39.8 Å². The Morgan fingerprint density at radius 1 is 0.647 bits per heavy atom. The van der Waals surface area contributed by atoms with Crippen molar-refractivity contribution >= 4 is 0 Å². The van der Waals surface area contributed by atoms with Crippen LogP contribution in [0.4, 0.5) is 0 Å². The van der Waals surface area contributed by atoms with E-state index in [2.05, 4.69) is 0 Å². The molecular weight excluding hydrogens is 212 g/mol. The average Bonchev–Trinajstić information content (AvgIpc) is 2.43. The van der Waals surface area contributed by atoms with E-state index in [9.17, 15) is 10.2 Å². The molecule has 0 bridgehead atoms. The van der Waals surface area contributed by atoms with Gasteiger partial charge in [-0.25, -0.2) is 10.2 Å². The maximum absolute atomic E-state index is 11.6. The van der Waals surface area contributed by atoms with Crippen LogP contribution in [0.3, 0.4) is 0 Å². The molecule has 0 spiro atoms. The van der Waals surface area contributed by atoms with Crippen LogP contribution in [0.2, 0.25) is 0 Å². The lowest BCUT2D eigenvalue weighted by atomic mass is 9.76. The van der Waals surface area contributed by atoms with Crippen LogP contribution in [0.15, 0.2) is 60.7 Å². The summed E-state index contributed by atoms with van der Waals surface area (Å²) >= 11 is 0. The molecule has 0 aliphatic carbocycles. The first-order valence-corrected chi connectivity index (χ1v) is 5.61. The molecule has 0 N–H and O–H groups in total. The van der Waals surface area contributed by atoms with E-state index in [0.29, 0.717) is 0 Å². The third-order valence-corrected chi connectivity index (χ3v) is 3.15. The Kier molecular flexibility index (Phi) is 3.57. The fourth-order valence-corrected chi connectivity index (χ4v) is 2.06. The molecule has 0 amide bonds. The van der Waals surface area contributed by atoms with Gasteiger partial charge in [-0.3, -0.25) is 0 Å². The van der Waals surface area contributed by atoms with Gasteiger partial charge in [0.05, 0.1) is 18.6 Å². The van der Waals surface area contributed by atoms with Crippen LogP contribution in [0.25, 0.3) is 0 Å². The minimum Gasteiger partial charge on any atom is -0.235 e. The Hall–Kier alpha value is -1.64. The highest BCUT2D eigenvalue weighted by atomic mass is 16.3. The van der Waals surface area contributed by atoms with E-state index in [-0.39, 0.29) is 0 Å². The Bertz CT molecular complexity index is 405. The summed E-state index contributed by atoms with van der Waals surface area (Å²) in [5.41, 5.74) is 0.662. The van der Waals surface area contributed by atoms with Gasteiger partial charge in [-0.2, -0.15) is 0 Å². The second-order valence-electron chi connectivity index (χ2n) is 4.10. The Labute approximate surface area is 101 Å². The lowest BCUT2D eigenvalue weighted by Gasteiger charge is -2.29. The van der Waals surface area contributed by atoms with E-state index < -0.39 is 18.6 Å². The van der Waals surface area contributed by atoms with Crippen molar-refractivity contribution in [1.82, 2.24) is 0 Å². The molecule has 2 radical (unpaired) electrons. The highest BCUT2D eigenvalue weighted by molar-refractivity contribution is 5.39. The number of benzene rings is 2. The molecule has 2 aromatic rings. The maximum Gasteiger partial charge on any atom is 0.0983 e. The first-order chi connectivity index (χ1) is 8.33. The molecule has 2 aromatic carbocycles. The summed E-state index contributed by atoms with van der Waals surface area (Å²) in [6.07, 6.45) is 0. The molecule has 2 heteroatoms. The van der Waals surface area contributed by atoms with Gasteiger partial charge in [0.25, 0.3) is 0 Å². The van der Waals surface area contributed by atoms with Crippen LogP contribution in [0.5, 0.6) is 0 Å². The van der Waals surface area contributed by atoms with Gasteiger partial charge in [-0.15, -0.1) is 0 Å².